The van der Waals surface area contributed by atoms with E-state index >= 15 is 0 Å². The van der Waals surface area contributed by atoms with E-state index in [-0.39, 0.29) is 11.9 Å². The number of rotatable bonds is 6. The first-order valence-corrected chi connectivity index (χ1v) is 6.33. The van der Waals surface area contributed by atoms with Crippen LogP contribution in [0.3, 0.4) is 0 Å². The van der Waals surface area contributed by atoms with Gasteiger partial charge in [0, 0.05) is 12.5 Å². The summed E-state index contributed by atoms with van der Waals surface area (Å²) in [4.78, 5) is 11.6. The van der Waals surface area contributed by atoms with Gasteiger partial charge in [0.05, 0.1) is 0 Å². The zero-order valence-corrected chi connectivity index (χ0v) is 10.7. The molecule has 1 amide bonds. The topological polar surface area (TPSA) is 66.9 Å². The van der Waals surface area contributed by atoms with E-state index in [4.69, 9.17) is 0 Å². The van der Waals surface area contributed by atoms with Gasteiger partial charge in [0.2, 0.25) is 11.0 Å². The summed E-state index contributed by atoms with van der Waals surface area (Å²) in [5.41, 5.74) is 0. The van der Waals surface area contributed by atoms with E-state index in [0.29, 0.717) is 11.6 Å². The van der Waals surface area contributed by atoms with Crippen molar-refractivity contribution in [2.75, 3.05) is 11.9 Å². The third-order valence-corrected chi connectivity index (χ3v) is 3.04. The van der Waals surface area contributed by atoms with Gasteiger partial charge in [0.1, 0.15) is 5.01 Å². The summed E-state index contributed by atoms with van der Waals surface area (Å²) >= 11 is 1.43. The molecule has 1 aromatic rings. The van der Waals surface area contributed by atoms with E-state index in [1.54, 1.807) is 0 Å². The molecule has 0 spiro atoms. The van der Waals surface area contributed by atoms with Crippen LogP contribution in [0.1, 0.15) is 32.2 Å². The fourth-order valence-corrected chi connectivity index (χ4v) is 2.01. The number of amides is 1. The van der Waals surface area contributed by atoms with E-state index < -0.39 is 0 Å². The Morgan fingerprint density at radius 3 is 2.75 bits per heavy atom. The molecule has 1 aromatic heterocycles. The lowest BCUT2D eigenvalue weighted by molar-refractivity contribution is -0.116. The van der Waals surface area contributed by atoms with Crippen molar-refractivity contribution in [3.63, 3.8) is 0 Å². The van der Waals surface area contributed by atoms with Gasteiger partial charge >= 0.3 is 0 Å². The van der Waals surface area contributed by atoms with Crippen LogP contribution in [-0.2, 0) is 11.2 Å². The highest BCUT2D eigenvalue weighted by molar-refractivity contribution is 7.15. The van der Waals surface area contributed by atoms with Crippen LogP contribution in [0.4, 0.5) is 5.13 Å². The number of carbonyl (C=O) groups is 1. The summed E-state index contributed by atoms with van der Waals surface area (Å²) in [7, 11) is 0. The number of hydrogen-bond acceptors (Lipinski definition) is 5. The molecule has 5 nitrogen and oxygen atoms in total. The highest BCUT2D eigenvalue weighted by Gasteiger charge is 2.10. The number of nitrogens with one attached hydrogen (secondary N) is 2. The van der Waals surface area contributed by atoms with Crippen LogP contribution < -0.4 is 10.6 Å². The molecule has 0 fully saturated rings. The summed E-state index contributed by atoms with van der Waals surface area (Å²) in [6.45, 7) is 6.89. The summed E-state index contributed by atoms with van der Waals surface area (Å²) in [6.07, 6.45) is 1.30. The van der Waals surface area contributed by atoms with Crippen molar-refractivity contribution in [1.29, 1.82) is 0 Å². The molecular formula is C10H18N4OS. The van der Waals surface area contributed by atoms with Crippen LogP contribution in [0, 0.1) is 0 Å². The molecule has 0 aliphatic carbocycles. The maximum Gasteiger partial charge on any atom is 0.227 e. The predicted molar refractivity (Wildman–Crippen MR) is 65.7 cm³/mol. The van der Waals surface area contributed by atoms with Crippen LogP contribution in [0.5, 0.6) is 0 Å². The zero-order chi connectivity index (χ0) is 12.0. The average molecular weight is 242 g/mol. The monoisotopic (exact) mass is 242 g/mol. The second-order valence-corrected chi connectivity index (χ2v) is 4.63. The standard InChI is InChI=1S/C10H18N4OS/c1-4-9-13-14-10(16-9)12-8(15)6-7(3)11-5-2/h7,11H,4-6H2,1-3H3,(H,12,14,15). The van der Waals surface area contributed by atoms with E-state index in [9.17, 15) is 4.79 Å². The minimum atomic E-state index is -0.0211. The second-order valence-electron chi connectivity index (χ2n) is 3.57. The first-order chi connectivity index (χ1) is 7.65. The van der Waals surface area contributed by atoms with Gasteiger partial charge in [0.25, 0.3) is 0 Å². The van der Waals surface area contributed by atoms with Crippen molar-refractivity contribution in [3.8, 4) is 0 Å². The molecule has 0 aromatic carbocycles. The van der Waals surface area contributed by atoms with Gasteiger partial charge in [-0.2, -0.15) is 0 Å². The van der Waals surface area contributed by atoms with Gasteiger partial charge in [-0.15, -0.1) is 10.2 Å². The highest BCUT2D eigenvalue weighted by Crippen LogP contribution is 2.15. The average Bonchev–Trinajstić information content (AvgIpc) is 2.65. The first-order valence-electron chi connectivity index (χ1n) is 5.51. The predicted octanol–water partition coefficient (Wildman–Crippen LogP) is 1.43. The van der Waals surface area contributed by atoms with Crippen LogP contribution >= 0.6 is 11.3 Å². The van der Waals surface area contributed by atoms with Crippen LogP contribution in [0.15, 0.2) is 0 Å². The third kappa shape index (κ3) is 4.24. The number of anilines is 1. The lowest BCUT2D eigenvalue weighted by atomic mass is 10.2. The number of aryl methyl sites for hydroxylation is 1. The molecule has 1 rings (SSSR count). The zero-order valence-electron chi connectivity index (χ0n) is 9.91. The summed E-state index contributed by atoms with van der Waals surface area (Å²) in [5.74, 6) is -0.0211. The third-order valence-electron chi connectivity index (χ3n) is 2.06. The Kier molecular flexibility index (Phi) is 5.34. The maximum absolute atomic E-state index is 11.6. The van der Waals surface area contributed by atoms with Crippen molar-refractivity contribution in [3.05, 3.63) is 5.01 Å². The summed E-state index contributed by atoms with van der Waals surface area (Å²) in [5, 5.41) is 15.3. The van der Waals surface area contributed by atoms with Crippen LogP contribution in [0.25, 0.3) is 0 Å². The molecule has 0 bridgehead atoms. The maximum atomic E-state index is 11.6. The first kappa shape index (κ1) is 13.1. The van der Waals surface area contributed by atoms with Crippen molar-refractivity contribution >= 4 is 22.4 Å². The smallest absolute Gasteiger partial charge is 0.227 e. The molecule has 0 radical (unpaired) electrons. The van der Waals surface area contributed by atoms with Crippen molar-refractivity contribution in [1.82, 2.24) is 15.5 Å². The SMILES string of the molecule is CCNC(C)CC(=O)Nc1nnc(CC)s1. The minimum absolute atomic E-state index is 0.0211. The number of hydrogen-bond donors (Lipinski definition) is 2. The lowest BCUT2D eigenvalue weighted by Crippen LogP contribution is -2.30. The molecule has 0 aliphatic heterocycles. The van der Waals surface area contributed by atoms with Crippen LogP contribution in [-0.4, -0.2) is 28.7 Å². The van der Waals surface area contributed by atoms with Gasteiger partial charge < -0.3 is 10.6 Å². The Morgan fingerprint density at radius 2 is 2.19 bits per heavy atom. The van der Waals surface area contributed by atoms with E-state index in [1.807, 2.05) is 20.8 Å². The second kappa shape index (κ2) is 6.55. The Morgan fingerprint density at radius 1 is 1.44 bits per heavy atom. The highest BCUT2D eigenvalue weighted by atomic mass is 32.1. The molecule has 0 saturated carbocycles. The van der Waals surface area contributed by atoms with Crippen molar-refractivity contribution < 1.29 is 4.79 Å². The van der Waals surface area contributed by atoms with Gasteiger partial charge in [-0.1, -0.05) is 25.2 Å². The largest absolute Gasteiger partial charge is 0.314 e. The Bertz CT molecular complexity index is 339. The Hall–Kier alpha value is -1.01. The fraction of sp³-hybridized carbons (Fsp3) is 0.700. The molecular weight excluding hydrogens is 224 g/mol. The molecule has 1 unspecified atom stereocenters. The number of aromatic nitrogens is 2. The van der Waals surface area contributed by atoms with Gasteiger partial charge in [-0.3, -0.25) is 4.79 Å². The summed E-state index contributed by atoms with van der Waals surface area (Å²) in [6, 6.07) is 0.184. The van der Waals surface area contributed by atoms with Gasteiger partial charge in [-0.05, 0) is 19.9 Å². The Balaban J connectivity index is 2.39. The molecule has 0 saturated heterocycles. The quantitative estimate of drug-likeness (QED) is 0.792. The van der Waals surface area contributed by atoms with Crippen LogP contribution in [0.2, 0.25) is 0 Å². The van der Waals surface area contributed by atoms with Gasteiger partial charge in [0.15, 0.2) is 0 Å². The molecule has 90 valence electrons. The van der Waals surface area contributed by atoms with Crippen molar-refractivity contribution in [2.45, 2.75) is 39.7 Å². The van der Waals surface area contributed by atoms with E-state index in [2.05, 4.69) is 20.8 Å². The molecule has 16 heavy (non-hydrogen) atoms. The lowest BCUT2D eigenvalue weighted by Gasteiger charge is -2.10. The van der Waals surface area contributed by atoms with Gasteiger partial charge in [-0.25, -0.2) is 0 Å². The molecule has 1 atom stereocenters. The molecule has 0 aliphatic rings. The molecule has 6 heteroatoms. The van der Waals surface area contributed by atoms with E-state index in [0.717, 1.165) is 18.0 Å². The Labute approximate surface area is 99.7 Å². The molecule has 1 heterocycles. The van der Waals surface area contributed by atoms with E-state index in [1.165, 1.54) is 11.3 Å². The molecule has 2 N–H and O–H groups in total. The summed E-state index contributed by atoms with van der Waals surface area (Å²) < 4.78 is 0. The van der Waals surface area contributed by atoms with Crippen molar-refractivity contribution in [2.24, 2.45) is 0 Å². The minimum Gasteiger partial charge on any atom is -0.314 e. The fourth-order valence-electron chi connectivity index (χ4n) is 1.32. The number of carbonyl (C=O) groups excluding carboxylic acids is 1. The number of nitrogens with zero attached hydrogens (tertiary/aromatic N) is 2. The normalized spacial score (nSPS) is 12.4.